The second-order valence-electron chi connectivity index (χ2n) is 5.05. The Morgan fingerprint density at radius 3 is 2.00 bits per heavy atom. The molecule has 0 atom stereocenters. The van der Waals surface area contributed by atoms with Crippen molar-refractivity contribution in [3.8, 4) is 0 Å². The number of amides is 4. The molecule has 1 saturated heterocycles. The van der Waals surface area contributed by atoms with E-state index in [9.17, 15) is 14.4 Å². The van der Waals surface area contributed by atoms with Crippen LogP contribution in [0.2, 0.25) is 0 Å². The molecule has 0 spiro atoms. The molecule has 1 rings (SSSR count). The number of imide groups is 2. The summed E-state index contributed by atoms with van der Waals surface area (Å²) >= 11 is 0. The van der Waals surface area contributed by atoms with Crippen molar-refractivity contribution in [1.82, 2.24) is 10.6 Å². The maximum atomic E-state index is 12.0. The Morgan fingerprint density at radius 1 is 1.22 bits per heavy atom. The van der Waals surface area contributed by atoms with E-state index in [1.165, 1.54) is 0 Å². The van der Waals surface area contributed by atoms with Gasteiger partial charge in [0.25, 0.3) is 0 Å². The minimum Gasteiger partial charge on any atom is -0.277 e. The Morgan fingerprint density at radius 2 is 1.67 bits per heavy atom. The molecule has 0 saturated carbocycles. The van der Waals surface area contributed by atoms with Crippen LogP contribution in [0.3, 0.4) is 0 Å². The van der Waals surface area contributed by atoms with E-state index >= 15 is 0 Å². The topological polar surface area (TPSA) is 75.3 Å². The molecule has 1 heterocycles. The zero-order valence-corrected chi connectivity index (χ0v) is 13.4. The van der Waals surface area contributed by atoms with Crippen LogP contribution in [0.5, 0.6) is 0 Å². The molecule has 1 radical (unpaired) electrons. The Balaban J connectivity index is 0.00000289. The van der Waals surface area contributed by atoms with E-state index in [2.05, 4.69) is 17.2 Å². The van der Waals surface area contributed by atoms with Gasteiger partial charge in [0.1, 0.15) is 5.41 Å². The van der Waals surface area contributed by atoms with Crippen molar-refractivity contribution in [2.75, 3.05) is 0 Å². The van der Waals surface area contributed by atoms with Gasteiger partial charge in [-0.25, -0.2) is 4.79 Å². The molecule has 0 bridgehead atoms. The summed E-state index contributed by atoms with van der Waals surface area (Å²) in [6, 6.07) is -0.749. The number of barbiturate groups is 1. The fourth-order valence-electron chi connectivity index (χ4n) is 2.21. The van der Waals surface area contributed by atoms with E-state index in [0.717, 1.165) is 5.57 Å². The van der Waals surface area contributed by atoms with Gasteiger partial charge in [-0.2, -0.15) is 0 Å². The summed E-state index contributed by atoms with van der Waals surface area (Å²) in [5.41, 5.74) is -0.459. The molecule has 0 aromatic heterocycles. The number of urea groups is 1. The van der Waals surface area contributed by atoms with Gasteiger partial charge in [0, 0.05) is 29.6 Å². The fourth-order valence-corrected chi connectivity index (χ4v) is 2.21. The molecule has 5 nitrogen and oxygen atoms in total. The molecule has 95 valence electrons. The molecule has 0 unspecified atom stereocenters. The first-order valence-electron chi connectivity index (χ1n) is 5.59. The summed E-state index contributed by atoms with van der Waals surface area (Å²) in [5, 5.41) is 4.32. The molecular weight excluding hydrogens is 243 g/mol. The smallest absolute Gasteiger partial charge is 0.277 e. The molecule has 1 aliphatic heterocycles. The Kier molecular flexibility index (Phi) is 6.26. The van der Waals surface area contributed by atoms with Gasteiger partial charge in [0.15, 0.2) is 0 Å². The normalized spacial score (nSPS) is 17.9. The number of allylic oxidation sites excluding steroid dienone is 1. The molecule has 4 amide bonds. The van der Waals surface area contributed by atoms with Crippen molar-refractivity contribution in [2.45, 2.75) is 33.6 Å². The molecule has 0 aromatic carbocycles. The predicted molar refractivity (Wildman–Crippen MR) is 68.8 cm³/mol. The van der Waals surface area contributed by atoms with Crippen molar-refractivity contribution in [2.24, 2.45) is 11.3 Å². The molecule has 6 heteroatoms. The summed E-state index contributed by atoms with van der Waals surface area (Å²) < 4.78 is 0. The van der Waals surface area contributed by atoms with Crippen LogP contribution in [0.1, 0.15) is 33.6 Å². The number of carbonyl (C=O) groups excluding carboxylic acids is 3. The first-order chi connectivity index (χ1) is 7.78. The third-order valence-electron chi connectivity index (χ3n) is 2.68. The van der Waals surface area contributed by atoms with Crippen LogP contribution >= 0.6 is 0 Å². The third kappa shape index (κ3) is 3.67. The molecule has 1 aliphatic rings. The predicted octanol–water partition coefficient (Wildman–Crippen LogP) is 0.970. The van der Waals surface area contributed by atoms with E-state index in [1.54, 1.807) is 6.92 Å². The zero-order valence-electron chi connectivity index (χ0n) is 11.4. The van der Waals surface area contributed by atoms with Crippen molar-refractivity contribution >= 4 is 47.4 Å². The Bertz CT molecular complexity index is 371. The van der Waals surface area contributed by atoms with E-state index in [4.69, 9.17) is 0 Å². The van der Waals surface area contributed by atoms with E-state index in [-0.39, 0.29) is 41.9 Å². The van der Waals surface area contributed by atoms with Crippen LogP contribution in [0.25, 0.3) is 0 Å². The largest absolute Gasteiger partial charge is 0.328 e. The van der Waals surface area contributed by atoms with Gasteiger partial charge in [0.2, 0.25) is 11.8 Å². The second kappa shape index (κ2) is 6.50. The average molecular weight is 261 g/mol. The number of rotatable bonds is 4. The average Bonchev–Trinajstić information content (AvgIpc) is 2.12. The summed E-state index contributed by atoms with van der Waals surface area (Å²) in [6.07, 6.45) is 0.654. The molecule has 2 N–H and O–H groups in total. The summed E-state index contributed by atoms with van der Waals surface area (Å²) in [4.78, 5) is 35.0. The van der Waals surface area contributed by atoms with Crippen LogP contribution in [0.15, 0.2) is 12.2 Å². The summed E-state index contributed by atoms with van der Waals surface area (Å²) in [5.74, 6) is -0.884. The monoisotopic (exact) mass is 261 g/mol. The SMILES string of the molecule is C=C(C)CC1(CC(C)C)C(=O)NC(=O)NC1=O.[Na]. The second-order valence-corrected chi connectivity index (χ2v) is 5.05. The van der Waals surface area contributed by atoms with E-state index in [0.29, 0.717) is 6.42 Å². The maximum absolute atomic E-state index is 12.0. The van der Waals surface area contributed by atoms with Crippen molar-refractivity contribution < 1.29 is 14.4 Å². The zero-order chi connectivity index (χ0) is 13.2. The molecule has 18 heavy (non-hydrogen) atoms. The van der Waals surface area contributed by atoms with Gasteiger partial charge < -0.3 is 0 Å². The van der Waals surface area contributed by atoms with Gasteiger partial charge in [0.05, 0.1) is 0 Å². The standard InChI is InChI=1S/C12H18N2O3.Na/c1-7(2)5-12(6-8(3)4)9(15)13-11(17)14-10(12)16;/h8H,1,5-6H2,2-4H3,(H2,13,14,15,16,17);. The van der Waals surface area contributed by atoms with Gasteiger partial charge in [-0.15, -0.1) is 6.58 Å². The maximum Gasteiger partial charge on any atom is 0.328 e. The quantitative estimate of drug-likeness (QED) is 0.450. The van der Waals surface area contributed by atoms with E-state index < -0.39 is 23.3 Å². The van der Waals surface area contributed by atoms with Gasteiger partial charge in [-0.3, -0.25) is 20.2 Å². The third-order valence-corrected chi connectivity index (χ3v) is 2.68. The van der Waals surface area contributed by atoms with Crippen LogP contribution in [-0.4, -0.2) is 47.4 Å². The minimum absolute atomic E-state index is 0. The van der Waals surface area contributed by atoms with Crippen LogP contribution < -0.4 is 10.6 Å². The molecular formula is C12H18N2NaO3. The van der Waals surface area contributed by atoms with Crippen molar-refractivity contribution in [3.63, 3.8) is 0 Å². The van der Waals surface area contributed by atoms with Crippen molar-refractivity contribution in [1.29, 1.82) is 0 Å². The number of carbonyl (C=O) groups is 3. The number of hydrogen-bond donors (Lipinski definition) is 2. The van der Waals surface area contributed by atoms with Gasteiger partial charge in [-0.1, -0.05) is 19.4 Å². The fraction of sp³-hybridized carbons (Fsp3) is 0.583. The molecule has 0 aliphatic carbocycles. The first-order valence-corrected chi connectivity index (χ1v) is 5.59. The van der Waals surface area contributed by atoms with Crippen LogP contribution in [-0.2, 0) is 9.59 Å². The summed E-state index contributed by atoms with van der Waals surface area (Å²) in [6.45, 7) is 9.36. The van der Waals surface area contributed by atoms with E-state index in [1.807, 2.05) is 13.8 Å². The Labute approximate surface area is 129 Å². The van der Waals surface area contributed by atoms with Crippen LogP contribution in [0.4, 0.5) is 4.79 Å². The van der Waals surface area contributed by atoms with Crippen LogP contribution in [0, 0.1) is 11.3 Å². The number of hydrogen-bond acceptors (Lipinski definition) is 3. The molecule has 1 fully saturated rings. The first kappa shape index (κ1) is 17.4. The number of nitrogens with one attached hydrogen (secondary N) is 2. The van der Waals surface area contributed by atoms with Gasteiger partial charge >= 0.3 is 6.03 Å². The Hall–Kier alpha value is -0.650. The minimum atomic E-state index is -1.20. The molecule has 0 aromatic rings. The van der Waals surface area contributed by atoms with Crippen molar-refractivity contribution in [3.05, 3.63) is 12.2 Å². The summed E-state index contributed by atoms with van der Waals surface area (Å²) in [7, 11) is 0. The van der Waals surface area contributed by atoms with Gasteiger partial charge in [-0.05, 0) is 25.7 Å².